The van der Waals surface area contributed by atoms with E-state index in [0.717, 1.165) is 75.2 Å². The van der Waals surface area contributed by atoms with Crippen molar-refractivity contribution in [3.05, 3.63) is 45.9 Å². The van der Waals surface area contributed by atoms with Gasteiger partial charge in [-0.15, -0.1) is 11.3 Å². The van der Waals surface area contributed by atoms with Crippen LogP contribution in [0.1, 0.15) is 37.1 Å². The van der Waals surface area contributed by atoms with Crippen molar-refractivity contribution in [1.29, 1.82) is 0 Å². The number of ether oxygens (including phenoxy) is 1. The number of carbonyl (C=O) groups excluding carboxylic acids is 2. The molecule has 2 aliphatic heterocycles. The molecular formula is C25H26ClN3O3S2. The molecule has 0 unspecified atom stereocenters. The van der Waals surface area contributed by atoms with Crippen LogP contribution in [0.3, 0.4) is 0 Å². The number of benzene rings is 1. The smallest absolute Gasteiger partial charge is 0.289 e. The standard InChI is InChI=1S/C25H26ClN3O3S2/c1-14-9-15(26)10-19(21(14)32-16-5-4-7-27-12-16)18-6-8-28-20-11-17(33-22(18)20)13-29-23(30)25(2,3)34-24(29)31/h6,8-11,16,27H,4-5,7,12-13H2,1-3H3/t16-/m0/s1. The molecule has 4 heterocycles. The number of thioether (sulfide) groups is 1. The molecule has 0 bridgehead atoms. The molecule has 34 heavy (non-hydrogen) atoms. The number of nitrogens with zero attached hydrogens (tertiary/aromatic N) is 2. The van der Waals surface area contributed by atoms with Crippen LogP contribution in [0.4, 0.5) is 4.79 Å². The van der Waals surface area contributed by atoms with Gasteiger partial charge >= 0.3 is 0 Å². The van der Waals surface area contributed by atoms with E-state index >= 15 is 0 Å². The second kappa shape index (κ2) is 9.15. The van der Waals surface area contributed by atoms with Gasteiger partial charge in [0.2, 0.25) is 5.91 Å². The van der Waals surface area contributed by atoms with Crippen LogP contribution in [0.2, 0.25) is 5.02 Å². The number of hydrogen-bond acceptors (Lipinski definition) is 7. The number of hydrogen-bond donors (Lipinski definition) is 1. The molecule has 0 radical (unpaired) electrons. The van der Waals surface area contributed by atoms with Gasteiger partial charge in [-0.3, -0.25) is 19.5 Å². The van der Waals surface area contributed by atoms with Gasteiger partial charge in [0.1, 0.15) is 11.9 Å². The topological polar surface area (TPSA) is 71.5 Å². The lowest BCUT2D eigenvalue weighted by Crippen LogP contribution is -2.37. The number of piperidine rings is 1. The van der Waals surface area contributed by atoms with Gasteiger partial charge in [0.25, 0.3) is 5.24 Å². The Bertz CT molecular complexity index is 1280. The maximum Gasteiger partial charge on any atom is 0.289 e. The molecule has 2 fully saturated rings. The van der Waals surface area contributed by atoms with Gasteiger partial charge in [0, 0.05) is 33.8 Å². The van der Waals surface area contributed by atoms with Crippen molar-refractivity contribution < 1.29 is 14.3 Å². The third kappa shape index (κ3) is 4.44. The van der Waals surface area contributed by atoms with Gasteiger partial charge in [0.15, 0.2) is 0 Å². The first kappa shape index (κ1) is 23.6. The first-order valence-electron chi connectivity index (χ1n) is 11.3. The maximum absolute atomic E-state index is 12.7. The number of aryl methyl sites for hydroxylation is 1. The minimum absolute atomic E-state index is 0.108. The Morgan fingerprint density at radius 1 is 1.26 bits per heavy atom. The van der Waals surface area contributed by atoms with Gasteiger partial charge < -0.3 is 10.1 Å². The number of thiophene rings is 1. The maximum atomic E-state index is 12.7. The molecule has 2 aliphatic rings. The van der Waals surface area contributed by atoms with E-state index in [4.69, 9.17) is 16.3 Å². The van der Waals surface area contributed by atoms with Crippen molar-refractivity contribution in [3.63, 3.8) is 0 Å². The van der Waals surface area contributed by atoms with Gasteiger partial charge in [-0.25, -0.2) is 0 Å². The molecule has 2 saturated heterocycles. The number of rotatable bonds is 5. The Morgan fingerprint density at radius 3 is 2.79 bits per heavy atom. The highest BCUT2D eigenvalue weighted by Crippen LogP contribution is 2.43. The minimum atomic E-state index is -0.726. The van der Waals surface area contributed by atoms with Crippen LogP contribution in [-0.2, 0) is 11.3 Å². The fraction of sp³-hybridized carbons (Fsp3) is 0.400. The summed E-state index contributed by atoms with van der Waals surface area (Å²) >= 11 is 9.10. The number of halogens is 1. The van der Waals surface area contributed by atoms with Crippen LogP contribution >= 0.6 is 34.7 Å². The van der Waals surface area contributed by atoms with Gasteiger partial charge in [-0.2, -0.15) is 0 Å². The molecule has 3 aromatic rings. The van der Waals surface area contributed by atoms with Gasteiger partial charge in [-0.1, -0.05) is 11.6 Å². The molecule has 0 aliphatic carbocycles. The first-order chi connectivity index (χ1) is 16.2. The summed E-state index contributed by atoms with van der Waals surface area (Å²) < 4.78 is 6.76. The van der Waals surface area contributed by atoms with Crippen LogP contribution in [-0.4, -0.2) is 45.0 Å². The molecule has 1 N–H and O–H groups in total. The van der Waals surface area contributed by atoms with Crippen LogP contribution in [0.15, 0.2) is 30.5 Å². The summed E-state index contributed by atoms with van der Waals surface area (Å²) in [6.07, 6.45) is 3.98. The third-order valence-electron chi connectivity index (χ3n) is 6.17. The second-order valence-corrected chi connectivity index (χ2v) is 12.4. The Morgan fingerprint density at radius 2 is 2.09 bits per heavy atom. The predicted molar refractivity (Wildman–Crippen MR) is 139 cm³/mol. The number of carbonyl (C=O) groups is 2. The summed E-state index contributed by atoms with van der Waals surface area (Å²) in [5.74, 6) is 0.680. The van der Waals surface area contributed by atoms with Gasteiger partial charge in [-0.05, 0) is 81.7 Å². The van der Waals surface area contributed by atoms with Crippen LogP contribution in [0, 0.1) is 6.92 Å². The molecule has 1 aromatic carbocycles. The van der Waals surface area contributed by atoms with Crippen molar-refractivity contribution in [1.82, 2.24) is 15.2 Å². The summed E-state index contributed by atoms with van der Waals surface area (Å²) in [6, 6.07) is 7.81. The van der Waals surface area contributed by atoms with Gasteiger partial charge in [0.05, 0.1) is 21.5 Å². The van der Waals surface area contributed by atoms with Crippen molar-refractivity contribution >= 4 is 56.1 Å². The second-order valence-electron chi connectivity index (χ2n) is 9.24. The zero-order valence-electron chi connectivity index (χ0n) is 19.3. The molecule has 2 aromatic heterocycles. The molecule has 0 spiro atoms. The van der Waals surface area contributed by atoms with E-state index in [9.17, 15) is 9.59 Å². The van der Waals surface area contributed by atoms with E-state index in [2.05, 4.69) is 10.3 Å². The third-order valence-corrected chi connectivity index (χ3v) is 8.61. The summed E-state index contributed by atoms with van der Waals surface area (Å²) in [7, 11) is 0. The predicted octanol–water partition coefficient (Wildman–Crippen LogP) is 6.03. The number of fused-ring (bicyclic) bond motifs is 1. The number of amides is 2. The highest BCUT2D eigenvalue weighted by atomic mass is 35.5. The van der Waals surface area contributed by atoms with E-state index in [-0.39, 0.29) is 23.8 Å². The first-order valence-corrected chi connectivity index (χ1v) is 13.3. The summed E-state index contributed by atoms with van der Waals surface area (Å²) in [5, 5.41) is 3.85. The lowest BCUT2D eigenvalue weighted by Gasteiger charge is -2.26. The fourth-order valence-corrected chi connectivity index (χ4v) is 6.76. The van der Waals surface area contributed by atoms with Crippen molar-refractivity contribution in [3.8, 4) is 16.9 Å². The lowest BCUT2D eigenvalue weighted by molar-refractivity contribution is -0.129. The molecule has 2 amide bonds. The van der Waals surface area contributed by atoms with E-state index < -0.39 is 4.75 Å². The monoisotopic (exact) mass is 515 g/mol. The van der Waals surface area contributed by atoms with Crippen molar-refractivity contribution in [2.45, 2.75) is 51.0 Å². The average Bonchev–Trinajstić information content (AvgIpc) is 3.29. The minimum Gasteiger partial charge on any atom is -0.488 e. The van der Waals surface area contributed by atoms with E-state index in [1.807, 2.05) is 31.2 Å². The average molecular weight is 516 g/mol. The Balaban J connectivity index is 1.53. The summed E-state index contributed by atoms with van der Waals surface area (Å²) in [6.45, 7) is 7.68. The zero-order chi connectivity index (χ0) is 24.0. The quantitative estimate of drug-likeness (QED) is 0.447. The van der Waals surface area contributed by atoms with E-state index in [1.165, 1.54) is 4.90 Å². The van der Waals surface area contributed by atoms with Crippen LogP contribution < -0.4 is 10.1 Å². The highest BCUT2D eigenvalue weighted by Gasteiger charge is 2.46. The lowest BCUT2D eigenvalue weighted by atomic mass is 10.0. The molecule has 5 rings (SSSR count). The normalized spacial score (nSPS) is 20.4. The summed E-state index contributed by atoms with van der Waals surface area (Å²) in [4.78, 5) is 31.9. The van der Waals surface area contributed by atoms with Crippen molar-refractivity contribution in [2.75, 3.05) is 13.1 Å². The Kier molecular flexibility index (Phi) is 6.35. The molecule has 0 saturated carbocycles. The highest BCUT2D eigenvalue weighted by molar-refractivity contribution is 8.16. The van der Waals surface area contributed by atoms with E-state index in [1.54, 1.807) is 31.4 Å². The Labute approximate surface area is 212 Å². The Hall–Kier alpha value is -2.13. The largest absolute Gasteiger partial charge is 0.488 e. The summed E-state index contributed by atoms with van der Waals surface area (Å²) in [5.41, 5.74) is 3.73. The number of pyridine rings is 1. The fourth-order valence-electron chi connectivity index (χ4n) is 4.47. The van der Waals surface area contributed by atoms with E-state index in [0.29, 0.717) is 5.02 Å². The number of nitrogens with one attached hydrogen (secondary N) is 1. The van der Waals surface area contributed by atoms with Crippen LogP contribution in [0.5, 0.6) is 5.75 Å². The molecular weight excluding hydrogens is 490 g/mol. The molecule has 6 nitrogen and oxygen atoms in total. The number of imide groups is 1. The molecule has 178 valence electrons. The molecule has 1 atom stereocenters. The molecule has 9 heteroatoms. The van der Waals surface area contributed by atoms with Crippen molar-refractivity contribution in [2.24, 2.45) is 0 Å². The van der Waals surface area contributed by atoms with Crippen LogP contribution in [0.25, 0.3) is 21.3 Å². The zero-order valence-corrected chi connectivity index (χ0v) is 21.7. The SMILES string of the molecule is Cc1cc(Cl)cc(-c2ccnc3cc(CN4C(=O)SC(C)(C)C4=O)sc23)c1O[C@H]1CCCNC1. The number of aromatic nitrogens is 1.